The molecule has 0 heterocycles. The summed E-state index contributed by atoms with van der Waals surface area (Å²) in [7, 11) is 0. The van der Waals surface area contributed by atoms with Gasteiger partial charge < -0.3 is 14.2 Å². The Labute approximate surface area is 405 Å². The van der Waals surface area contributed by atoms with Crippen LogP contribution in [-0.2, 0) is 28.6 Å². The molecule has 0 fully saturated rings. The smallest absolute Gasteiger partial charge is 0.306 e. The predicted molar refractivity (Wildman–Crippen MR) is 283 cm³/mol. The molecule has 0 bridgehead atoms. The van der Waals surface area contributed by atoms with Gasteiger partial charge in [0.25, 0.3) is 0 Å². The van der Waals surface area contributed by atoms with Gasteiger partial charge in [-0.3, -0.25) is 14.4 Å². The van der Waals surface area contributed by atoms with Gasteiger partial charge in [0.1, 0.15) is 13.2 Å². The third-order valence-electron chi connectivity index (χ3n) is 10.7. The third-order valence-corrected chi connectivity index (χ3v) is 10.7. The molecule has 0 aliphatic rings. The Kier molecular flexibility index (Phi) is 50.0. The molecular formula is C60H96O6. The highest BCUT2D eigenvalue weighted by Crippen LogP contribution is 2.14. The number of unbranched alkanes of at least 4 members (excludes halogenated alkanes) is 15. The van der Waals surface area contributed by atoms with E-state index in [1.165, 1.54) is 51.4 Å². The summed E-state index contributed by atoms with van der Waals surface area (Å²) in [5, 5.41) is 0. The number of allylic oxidation sites excluding steroid dienone is 20. The molecule has 0 aliphatic heterocycles. The number of ether oxygens (including phenoxy) is 3. The predicted octanol–water partition coefficient (Wildman–Crippen LogP) is 17.7. The van der Waals surface area contributed by atoms with Crippen molar-refractivity contribution in [2.75, 3.05) is 13.2 Å². The summed E-state index contributed by atoms with van der Waals surface area (Å²) in [6.45, 7) is 6.28. The molecule has 0 aromatic carbocycles. The lowest BCUT2D eigenvalue weighted by molar-refractivity contribution is -0.166. The largest absolute Gasteiger partial charge is 0.462 e. The Morgan fingerprint density at radius 3 is 1.03 bits per heavy atom. The van der Waals surface area contributed by atoms with E-state index in [4.69, 9.17) is 14.2 Å². The summed E-state index contributed by atoms with van der Waals surface area (Å²) in [5.74, 6) is -1.03. The molecule has 0 N–H and O–H groups in total. The number of esters is 3. The van der Waals surface area contributed by atoms with Crippen LogP contribution in [0.15, 0.2) is 122 Å². The average Bonchev–Trinajstić information content (AvgIpc) is 3.31. The molecule has 66 heavy (non-hydrogen) atoms. The number of carbonyl (C=O) groups is 3. The van der Waals surface area contributed by atoms with Gasteiger partial charge in [-0.05, 0) is 109 Å². The van der Waals surface area contributed by atoms with Crippen LogP contribution in [0, 0.1) is 0 Å². The van der Waals surface area contributed by atoms with Crippen LogP contribution in [0.5, 0.6) is 0 Å². The first-order valence-electron chi connectivity index (χ1n) is 26.5. The van der Waals surface area contributed by atoms with Crippen LogP contribution in [0.25, 0.3) is 0 Å². The van der Waals surface area contributed by atoms with Crippen molar-refractivity contribution in [2.45, 2.75) is 226 Å². The molecule has 0 saturated heterocycles. The molecule has 6 nitrogen and oxygen atoms in total. The van der Waals surface area contributed by atoms with Gasteiger partial charge in [-0.1, -0.05) is 213 Å². The highest BCUT2D eigenvalue weighted by molar-refractivity contribution is 5.71. The van der Waals surface area contributed by atoms with E-state index in [-0.39, 0.29) is 37.5 Å². The van der Waals surface area contributed by atoms with Crippen molar-refractivity contribution >= 4 is 17.9 Å². The number of hydrogen-bond donors (Lipinski definition) is 0. The van der Waals surface area contributed by atoms with Gasteiger partial charge in [-0.25, -0.2) is 0 Å². The van der Waals surface area contributed by atoms with E-state index in [1.807, 2.05) is 12.2 Å². The van der Waals surface area contributed by atoms with Crippen LogP contribution < -0.4 is 0 Å². The molecule has 6 heteroatoms. The van der Waals surface area contributed by atoms with Crippen LogP contribution in [0.4, 0.5) is 0 Å². The summed E-state index contributed by atoms with van der Waals surface area (Å²) in [6, 6.07) is 0. The Bertz CT molecular complexity index is 1420. The maximum atomic E-state index is 12.8. The summed E-state index contributed by atoms with van der Waals surface area (Å²) >= 11 is 0. The highest BCUT2D eigenvalue weighted by Gasteiger charge is 2.19. The van der Waals surface area contributed by atoms with E-state index >= 15 is 0 Å². The zero-order valence-electron chi connectivity index (χ0n) is 42.4. The maximum absolute atomic E-state index is 12.8. The van der Waals surface area contributed by atoms with Crippen molar-refractivity contribution < 1.29 is 28.6 Å². The molecule has 1 unspecified atom stereocenters. The van der Waals surface area contributed by atoms with Crippen LogP contribution in [0.2, 0.25) is 0 Å². The molecule has 1 atom stereocenters. The van der Waals surface area contributed by atoms with Gasteiger partial charge in [-0.2, -0.15) is 0 Å². The van der Waals surface area contributed by atoms with Gasteiger partial charge >= 0.3 is 17.9 Å². The van der Waals surface area contributed by atoms with Gasteiger partial charge in [0.15, 0.2) is 6.10 Å². The number of hydrogen-bond acceptors (Lipinski definition) is 6. The Morgan fingerprint density at radius 1 is 0.318 bits per heavy atom. The molecule has 0 aromatic rings. The second-order valence-corrected chi connectivity index (χ2v) is 17.0. The first-order valence-corrected chi connectivity index (χ1v) is 26.5. The lowest BCUT2D eigenvalue weighted by Gasteiger charge is -2.18. The SMILES string of the molecule is CC/C=C\C/C=C\C/C=C\C/C=C\C/C=C\C/C=C\CCC(=O)OCC(COC(=O)CCCCCC/C=C\CCCC)OC(=O)CCCCCCCCCCC/C=C\C/C=C\C/C=C\CC. The molecule has 0 radical (unpaired) electrons. The van der Waals surface area contributed by atoms with Gasteiger partial charge in [0, 0.05) is 19.3 Å². The number of rotatable bonds is 46. The quantitative estimate of drug-likeness (QED) is 0.0262. The summed E-state index contributed by atoms with van der Waals surface area (Å²) in [5.41, 5.74) is 0. The molecule has 0 saturated carbocycles. The van der Waals surface area contributed by atoms with Crippen LogP contribution in [-0.4, -0.2) is 37.2 Å². The monoisotopic (exact) mass is 913 g/mol. The first-order chi connectivity index (χ1) is 32.5. The van der Waals surface area contributed by atoms with Crippen LogP contribution in [0.3, 0.4) is 0 Å². The third kappa shape index (κ3) is 50.8. The van der Waals surface area contributed by atoms with E-state index in [9.17, 15) is 14.4 Å². The second-order valence-electron chi connectivity index (χ2n) is 17.0. The molecule has 0 spiro atoms. The lowest BCUT2D eigenvalue weighted by Crippen LogP contribution is -2.30. The van der Waals surface area contributed by atoms with Gasteiger partial charge in [0.2, 0.25) is 0 Å². The van der Waals surface area contributed by atoms with Crippen LogP contribution >= 0.6 is 0 Å². The van der Waals surface area contributed by atoms with Crippen molar-refractivity contribution in [3.63, 3.8) is 0 Å². The standard InChI is InChI=1S/C60H96O6/c1-4-7-10-13-16-19-22-24-26-28-30-32-34-36-38-41-44-47-50-53-59(62)65-56-57(55-64-58(61)52-49-46-43-40-21-18-15-12-9-6-3)66-60(63)54-51-48-45-42-39-37-35-33-31-29-27-25-23-20-17-14-11-8-5-2/h7-8,10-11,15-20,24-27,30,32,36,38,44,47,57H,4-6,9,12-14,21-23,28-29,31,33-35,37,39-43,45-46,48-56H2,1-3H3/b10-7-,11-8-,18-15-,19-16-,20-17-,26-24-,27-25-,32-30-,38-36-,47-44-. The second kappa shape index (κ2) is 53.4. The van der Waals surface area contributed by atoms with Crippen molar-refractivity contribution in [3.8, 4) is 0 Å². The van der Waals surface area contributed by atoms with E-state index in [0.29, 0.717) is 19.3 Å². The topological polar surface area (TPSA) is 78.9 Å². The van der Waals surface area contributed by atoms with Crippen LogP contribution in [0.1, 0.15) is 220 Å². The van der Waals surface area contributed by atoms with Gasteiger partial charge in [0.05, 0.1) is 0 Å². The summed E-state index contributed by atoms with van der Waals surface area (Å²) < 4.78 is 16.7. The molecule has 372 valence electrons. The highest BCUT2D eigenvalue weighted by atomic mass is 16.6. The fourth-order valence-corrected chi connectivity index (χ4v) is 6.76. The minimum Gasteiger partial charge on any atom is -0.462 e. The fourth-order valence-electron chi connectivity index (χ4n) is 6.76. The molecule has 0 aliphatic carbocycles. The maximum Gasteiger partial charge on any atom is 0.306 e. The minimum absolute atomic E-state index is 0.113. The van der Waals surface area contributed by atoms with Crippen molar-refractivity contribution in [1.82, 2.24) is 0 Å². The average molecular weight is 913 g/mol. The summed E-state index contributed by atoms with van der Waals surface area (Å²) in [6.07, 6.45) is 73.4. The Morgan fingerprint density at radius 2 is 0.621 bits per heavy atom. The van der Waals surface area contributed by atoms with E-state index in [2.05, 4.69) is 130 Å². The number of carbonyl (C=O) groups excluding carboxylic acids is 3. The first kappa shape index (κ1) is 61.8. The van der Waals surface area contributed by atoms with E-state index < -0.39 is 6.10 Å². The lowest BCUT2D eigenvalue weighted by atomic mass is 10.1. The summed E-state index contributed by atoms with van der Waals surface area (Å²) in [4.78, 5) is 38.0. The zero-order chi connectivity index (χ0) is 47.9. The normalized spacial score (nSPS) is 13.1. The van der Waals surface area contributed by atoms with Crippen molar-refractivity contribution in [1.29, 1.82) is 0 Å². The molecule has 0 amide bonds. The molecule has 0 aromatic heterocycles. The Hall–Kier alpha value is -4.19. The molecular weight excluding hydrogens is 817 g/mol. The van der Waals surface area contributed by atoms with E-state index in [0.717, 1.165) is 122 Å². The van der Waals surface area contributed by atoms with E-state index in [1.54, 1.807) is 0 Å². The van der Waals surface area contributed by atoms with Crippen molar-refractivity contribution in [2.24, 2.45) is 0 Å². The Balaban J connectivity index is 4.48. The fraction of sp³-hybridized carbons (Fsp3) is 0.617. The van der Waals surface area contributed by atoms with Crippen molar-refractivity contribution in [3.05, 3.63) is 122 Å². The zero-order valence-corrected chi connectivity index (χ0v) is 42.4. The minimum atomic E-state index is -0.818. The molecule has 0 rings (SSSR count). The van der Waals surface area contributed by atoms with Gasteiger partial charge in [-0.15, -0.1) is 0 Å².